The van der Waals surface area contributed by atoms with Crippen LogP contribution in [0.25, 0.3) is 0 Å². The van der Waals surface area contributed by atoms with Crippen LogP contribution in [0.15, 0.2) is 48.8 Å². The normalized spacial score (nSPS) is 26.4. The number of nitrogens with two attached hydrogens (primary N) is 1. The summed E-state index contributed by atoms with van der Waals surface area (Å²) in [4.78, 5) is 4.15. The molecule has 1 aliphatic rings. The Morgan fingerprint density at radius 2 is 1.95 bits per heavy atom. The maximum absolute atomic E-state index is 11.3. The van der Waals surface area contributed by atoms with Gasteiger partial charge in [-0.2, -0.15) is 0 Å². The van der Waals surface area contributed by atoms with Gasteiger partial charge in [0.25, 0.3) is 0 Å². The third-order valence-corrected chi connectivity index (χ3v) is 4.40. The Morgan fingerprint density at radius 1 is 1.15 bits per heavy atom. The van der Waals surface area contributed by atoms with E-state index in [-0.39, 0.29) is 5.92 Å². The van der Waals surface area contributed by atoms with Gasteiger partial charge >= 0.3 is 0 Å². The molecule has 3 nitrogen and oxygen atoms in total. The van der Waals surface area contributed by atoms with E-state index in [1.54, 1.807) is 18.5 Å². The summed E-state index contributed by atoms with van der Waals surface area (Å²) < 4.78 is 0. The Labute approximate surface area is 119 Å². The molecule has 2 unspecified atom stereocenters. The van der Waals surface area contributed by atoms with Crippen LogP contribution in [-0.4, -0.2) is 10.1 Å². The molecule has 3 heteroatoms. The number of hydrogen-bond acceptors (Lipinski definition) is 3. The van der Waals surface area contributed by atoms with Crippen LogP contribution >= 0.6 is 0 Å². The van der Waals surface area contributed by atoms with Gasteiger partial charge in [-0.1, -0.05) is 43.2 Å². The molecule has 1 aliphatic carbocycles. The SMILES string of the molecule is Nc1ccncc1C1(O)CCCCC1c1ccccc1. The molecule has 0 bridgehead atoms. The van der Waals surface area contributed by atoms with Crippen LogP contribution in [0.2, 0.25) is 0 Å². The Kier molecular flexibility index (Phi) is 3.45. The Bertz CT molecular complexity index is 585. The van der Waals surface area contributed by atoms with Crippen LogP contribution < -0.4 is 5.73 Å². The maximum atomic E-state index is 11.3. The van der Waals surface area contributed by atoms with Crippen molar-refractivity contribution in [3.63, 3.8) is 0 Å². The summed E-state index contributed by atoms with van der Waals surface area (Å²) >= 11 is 0. The highest BCUT2D eigenvalue weighted by Crippen LogP contribution is 2.48. The van der Waals surface area contributed by atoms with E-state index < -0.39 is 5.60 Å². The van der Waals surface area contributed by atoms with Crippen molar-refractivity contribution in [2.24, 2.45) is 0 Å². The highest BCUT2D eigenvalue weighted by Gasteiger charge is 2.42. The van der Waals surface area contributed by atoms with Crippen molar-refractivity contribution in [2.45, 2.75) is 37.2 Å². The lowest BCUT2D eigenvalue weighted by Crippen LogP contribution is -2.37. The van der Waals surface area contributed by atoms with Crippen LogP contribution in [0.4, 0.5) is 5.69 Å². The van der Waals surface area contributed by atoms with E-state index in [9.17, 15) is 5.11 Å². The summed E-state index contributed by atoms with van der Waals surface area (Å²) in [5.41, 5.74) is 7.75. The number of rotatable bonds is 2. The summed E-state index contributed by atoms with van der Waals surface area (Å²) in [7, 11) is 0. The summed E-state index contributed by atoms with van der Waals surface area (Å²) in [6.45, 7) is 0. The second-order valence-electron chi connectivity index (χ2n) is 5.60. The van der Waals surface area contributed by atoms with Crippen molar-refractivity contribution in [3.8, 4) is 0 Å². The third-order valence-electron chi connectivity index (χ3n) is 4.40. The zero-order chi connectivity index (χ0) is 14.0. The lowest BCUT2D eigenvalue weighted by molar-refractivity contribution is -0.0220. The summed E-state index contributed by atoms with van der Waals surface area (Å²) in [6.07, 6.45) is 7.27. The number of nitrogens with zero attached hydrogens (tertiary/aromatic N) is 1. The molecule has 104 valence electrons. The Morgan fingerprint density at radius 3 is 2.70 bits per heavy atom. The standard InChI is InChI=1S/C17H20N2O/c18-16-9-11-19-12-15(16)17(20)10-5-4-8-14(17)13-6-2-1-3-7-13/h1-3,6-7,9,11-12,14,20H,4-5,8,10H2,(H2,18,19). The number of pyridine rings is 1. The van der Waals surface area contributed by atoms with E-state index in [1.165, 1.54) is 5.56 Å². The van der Waals surface area contributed by atoms with E-state index >= 15 is 0 Å². The molecule has 1 aromatic heterocycles. The van der Waals surface area contributed by atoms with E-state index in [1.807, 2.05) is 18.2 Å². The predicted molar refractivity (Wildman–Crippen MR) is 80.2 cm³/mol. The molecule has 0 amide bonds. The Balaban J connectivity index is 2.06. The molecule has 1 heterocycles. The van der Waals surface area contributed by atoms with Gasteiger partial charge in [0.2, 0.25) is 0 Å². The van der Waals surface area contributed by atoms with Crippen LogP contribution in [-0.2, 0) is 5.60 Å². The van der Waals surface area contributed by atoms with Crippen molar-refractivity contribution < 1.29 is 5.11 Å². The van der Waals surface area contributed by atoms with Gasteiger partial charge in [-0.25, -0.2) is 0 Å². The largest absolute Gasteiger partial charge is 0.398 e. The average Bonchev–Trinajstić information content (AvgIpc) is 2.49. The summed E-state index contributed by atoms with van der Waals surface area (Å²) in [5.74, 6) is 0.0870. The van der Waals surface area contributed by atoms with E-state index in [0.29, 0.717) is 5.69 Å². The highest BCUT2D eigenvalue weighted by atomic mass is 16.3. The van der Waals surface area contributed by atoms with Gasteiger partial charge in [-0.3, -0.25) is 4.98 Å². The van der Waals surface area contributed by atoms with Gasteiger partial charge in [0, 0.05) is 29.6 Å². The number of aromatic nitrogens is 1. The van der Waals surface area contributed by atoms with Gasteiger partial charge < -0.3 is 10.8 Å². The zero-order valence-corrected chi connectivity index (χ0v) is 11.5. The minimum Gasteiger partial charge on any atom is -0.398 e. The van der Waals surface area contributed by atoms with Gasteiger partial charge in [0.15, 0.2) is 0 Å². The van der Waals surface area contributed by atoms with Crippen LogP contribution in [0.3, 0.4) is 0 Å². The molecule has 2 aromatic rings. The number of hydrogen-bond donors (Lipinski definition) is 2. The van der Waals surface area contributed by atoms with Crippen molar-refractivity contribution >= 4 is 5.69 Å². The number of aliphatic hydroxyl groups is 1. The van der Waals surface area contributed by atoms with Gasteiger partial charge in [0.05, 0.1) is 5.60 Å². The summed E-state index contributed by atoms with van der Waals surface area (Å²) in [6, 6.07) is 12.0. The molecule has 1 aromatic carbocycles. The van der Waals surface area contributed by atoms with Crippen LogP contribution in [0.5, 0.6) is 0 Å². The first kappa shape index (κ1) is 13.1. The van der Waals surface area contributed by atoms with Gasteiger partial charge in [-0.15, -0.1) is 0 Å². The number of nitrogen functional groups attached to an aromatic ring is 1. The highest BCUT2D eigenvalue weighted by molar-refractivity contribution is 5.49. The smallest absolute Gasteiger partial charge is 0.0999 e. The molecule has 1 saturated carbocycles. The second-order valence-corrected chi connectivity index (χ2v) is 5.60. The maximum Gasteiger partial charge on any atom is 0.0999 e. The topological polar surface area (TPSA) is 59.1 Å². The van der Waals surface area contributed by atoms with E-state index in [0.717, 1.165) is 31.2 Å². The zero-order valence-electron chi connectivity index (χ0n) is 11.5. The fourth-order valence-corrected chi connectivity index (χ4v) is 3.37. The van der Waals surface area contributed by atoms with E-state index in [2.05, 4.69) is 17.1 Å². The number of anilines is 1. The quantitative estimate of drug-likeness (QED) is 0.879. The predicted octanol–water partition coefficient (Wildman–Crippen LogP) is 3.21. The average molecular weight is 268 g/mol. The van der Waals surface area contributed by atoms with Crippen molar-refractivity contribution in [1.82, 2.24) is 4.98 Å². The molecule has 0 aliphatic heterocycles. The molecular formula is C17H20N2O. The fraction of sp³-hybridized carbons (Fsp3) is 0.353. The minimum absolute atomic E-state index is 0.0870. The van der Waals surface area contributed by atoms with Crippen molar-refractivity contribution in [3.05, 3.63) is 59.9 Å². The van der Waals surface area contributed by atoms with Gasteiger partial charge in [0.1, 0.15) is 0 Å². The molecule has 0 saturated heterocycles. The Hall–Kier alpha value is -1.87. The minimum atomic E-state index is -0.905. The molecule has 3 rings (SSSR count). The second kappa shape index (κ2) is 5.25. The van der Waals surface area contributed by atoms with Crippen LogP contribution in [0.1, 0.15) is 42.7 Å². The molecule has 1 fully saturated rings. The first-order valence-corrected chi connectivity index (χ1v) is 7.19. The molecule has 0 spiro atoms. The lowest BCUT2D eigenvalue weighted by Gasteiger charge is -2.41. The first-order chi connectivity index (χ1) is 9.72. The summed E-state index contributed by atoms with van der Waals surface area (Å²) in [5, 5.41) is 11.3. The monoisotopic (exact) mass is 268 g/mol. The molecule has 3 N–H and O–H groups in total. The van der Waals surface area contributed by atoms with Crippen molar-refractivity contribution in [1.29, 1.82) is 0 Å². The van der Waals surface area contributed by atoms with Gasteiger partial charge in [-0.05, 0) is 24.5 Å². The molecular weight excluding hydrogens is 248 g/mol. The van der Waals surface area contributed by atoms with E-state index in [4.69, 9.17) is 5.73 Å². The van der Waals surface area contributed by atoms with Crippen molar-refractivity contribution in [2.75, 3.05) is 5.73 Å². The molecule has 0 radical (unpaired) electrons. The fourth-order valence-electron chi connectivity index (χ4n) is 3.37. The molecule has 20 heavy (non-hydrogen) atoms. The third kappa shape index (κ3) is 2.18. The lowest BCUT2D eigenvalue weighted by atomic mass is 9.68. The van der Waals surface area contributed by atoms with Crippen LogP contribution in [0, 0.1) is 0 Å². The molecule has 2 atom stereocenters. The first-order valence-electron chi connectivity index (χ1n) is 7.19. The number of benzene rings is 1.